The van der Waals surface area contributed by atoms with E-state index in [1.54, 1.807) is 6.07 Å². The van der Waals surface area contributed by atoms with Gasteiger partial charge in [0.05, 0.1) is 17.1 Å². The van der Waals surface area contributed by atoms with Gasteiger partial charge in [0.25, 0.3) is 5.97 Å². The lowest BCUT2D eigenvalue weighted by molar-refractivity contribution is -0.134. The van der Waals surface area contributed by atoms with Crippen molar-refractivity contribution in [2.45, 2.75) is 26.4 Å². The summed E-state index contributed by atoms with van der Waals surface area (Å²) in [6.45, 7) is 3.47. The Balaban J connectivity index is 0.000000628. The van der Waals surface area contributed by atoms with Crippen LogP contribution in [-0.2, 0) is 17.9 Å². The second-order valence-electron chi connectivity index (χ2n) is 6.85. The van der Waals surface area contributed by atoms with E-state index in [2.05, 4.69) is 21.5 Å². The van der Waals surface area contributed by atoms with E-state index < -0.39 is 17.6 Å². The molecule has 1 aliphatic rings. The maximum atomic E-state index is 13.6. The predicted molar refractivity (Wildman–Crippen MR) is 110 cm³/mol. The molecular weight excluding hydrogens is 406 g/mol. The molecule has 0 atom stereocenters. The van der Waals surface area contributed by atoms with Crippen molar-refractivity contribution in [3.8, 4) is 28.6 Å². The number of carboxylic acid groups (broad SMARTS) is 1. The van der Waals surface area contributed by atoms with Crippen LogP contribution < -0.4 is 11.1 Å². The number of anilines is 1. The lowest BCUT2D eigenvalue weighted by Crippen LogP contribution is -2.11. The van der Waals surface area contributed by atoms with E-state index in [9.17, 15) is 14.0 Å². The number of hydrogen-bond donors (Lipinski definition) is 3. The molecule has 0 bridgehead atoms. The zero-order valence-corrected chi connectivity index (χ0v) is 16.7. The number of nitrogens with two attached hydrogens (primary N) is 1. The molecule has 3 heterocycles. The topological polar surface area (TPSA) is 130 Å². The lowest BCUT2D eigenvalue weighted by Gasteiger charge is -2.09. The Kier molecular flexibility index (Phi) is 6.57. The number of aryl methyl sites for hydroxylation is 1. The summed E-state index contributed by atoms with van der Waals surface area (Å²) in [7, 11) is 0. The lowest BCUT2D eigenvalue weighted by atomic mass is 10.0. The van der Waals surface area contributed by atoms with Crippen molar-refractivity contribution in [2.24, 2.45) is 0 Å². The van der Waals surface area contributed by atoms with Gasteiger partial charge in [0.15, 0.2) is 11.6 Å². The first-order valence-corrected chi connectivity index (χ1v) is 9.43. The van der Waals surface area contributed by atoms with Gasteiger partial charge in [-0.3, -0.25) is 9.48 Å². The summed E-state index contributed by atoms with van der Waals surface area (Å²) < 4.78 is 28.8. The minimum atomic E-state index is -0.974. The molecule has 1 aromatic carbocycles. The number of aliphatic carboxylic acids is 1. The fraction of sp³-hybridized carbons (Fsp3) is 0.238. The van der Waals surface area contributed by atoms with Crippen molar-refractivity contribution in [3.63, 3.8) is 0 Å². The van der Waals surface area contributed by atoms with E-state index in [-0.39, 0.29) is 11.4 Å². The monoisotopic (exact) mass is 426 g/mol. The fourth-order valence-corrected chi connectivity index (χ4v) is 3.18. The smallest absolute Gasteiger partial charge is 0.300 e. The van der Waals surface area contributed by atoms with Gasteiger partial charge in [-0.1, -0.05) is 0 Å². The molecule has 0 amide bonds. The Labute approximate surface area is 176 Å². The number of nitrogen functional groups attached to an aromatic ring is 1. The highest BCUT2D eigenvalue weighted by Crippen LogP contribution is 2.31. The van der Waals surface area contributed by atoms with Crippen molar-refractivity contribution in [1.82, 2.24) is 20.1 Å². The van der Waals surface area contributed by atoms with Gasteiger partial charge < -0.3 is 16.2 Å². The molecule has 31 heavy (non-hydrogen) atoms. The second-order valence-corrected chi connectivity index (χ2v) is 6.85. The summed E-state index contributed by atoms with van der Waals surface area (Å²) in [5.74, 6) is -2.72. The molecule has 3 aromatic rings. The number of carbonyl (C=O) groups is 1. The number of nitrogens with zero attached hydrogens (tertiary/aromatic N) is 4. The van der Waals surface area contributed by atoms with Crippen molar-refractivity contribution >= 4 is 11.8 Å². The van der Waals surface area contributed by atoms with Gasteiger partial charge in [0, 0.05) is 31.1 Å². The maximum absolute atomic E-state index is 13.6. The van der Waals surface area contributed by atoms with Crippen LogP contribution in [0.4, 0.5) is 14.6 Å². The second kappa shape index (κ2) is 9.32. The van der Waals surface area contributed by atoms with Crippen LogP contribution in [0.5, 0.6) is 0 Å². The minimum absolute atomic E-state index is 0.0241. The van der Waals surface area contributed by atoms with Crippen LogP contribution in [0, 0.1) is 23.0 Å². The van der Waals surface area contributed by atoms with Crippen LogP contribution in [0.3, 0.4) is 0 Å². The highest BCUT2D eigenvalue weighted by atomic mass is 19.2. The Hall–Kier alpha value is -3.84. The Morgan fingerprint density at radius 1 is 1.26 bits per heavy atom. The number of carboxylic acids is 1. The number of pyridine rings is 1. The van der Waals surface area contributed by atoms with E-state index >= 15 is 0 Å². The van der Waals surface area contributed by atoms with Gasteiger partial charge >= 0.3 is 0 Å². The molecule has 4 rings (SSSR count). The first kappa shape index (κ1) is 21.9. The van der Waals surface area contributed by atoms with Crippen LogP contribution in [0.1, 0.15) is 24.6 Å². The Bertz CT molecular complexity index is 1140. The summed E-state index contributed by atoms with van der Waals surface area (Å²) in [6, 6.07) is 9.12. The van der Waals surface area contributed by atoms with E-state index in [4.69, 9.17) is 15.6 Å². The zero-order valence-electron chi connectivity index (χ0n) is 16.7. The van der Waals surface area contributed by atoms with Gasteiger partial charge in [0.2, 0.25) is 0 Å². The van der Waals surface area contributed by atoms with E-state index in [0.717, 1.165) is 44.3 Å². The van der Waals surface area contributed by atoms with Crippen molar-refractivity contribution in [3.05, 3.63) is 53.2 Å². The average molecular weight is 426 g/mol. The van der Waals surface area contributed by atoms with Gasteiger partial charge in [0.1, 0.15) is 17.5 Å². The average Bonchev–Trinajstić information content (AvgIpc) is 2.99. The molecule has 2 aromatic heterocycles. The molecule has 0 unspecified atom stereocenters. The number of nitriles is 1. The number of benzene rings is 1. The third-order valence-corrected chi connectivity index (χ3v) is 4.54. The Morgan fingerprint density at radius 2 is 2.00 bits per heavy atom. The SMILES string of the molecule is CC(=O)O.N#Cc1c(-c2cc3n(n2)CCCNC3)cc(-c2ccc(F)c(F)c2)nc1N. The van der Waals surface area contributed by atoms with Gasteiger partial charge in [-0.2, -0.15) is 10.4 Å². The number of hydrogen-bond acceptors (Lipinski definition) is 6. The number of nitrogens with one attached hydrogen (secondary N) is 1. The van der Waals surface area contributed by atoms with E-state index in [0.29, 0.717) is 29.1 Å². The molecule has 0 saturated carbocycles. The molecule has 0 saturated heterocycles. The summed E-state index contributed by atoms with van der Waals surface area (Å²) in [5.41, 5.74) is 9.03. The van der Waals surface area contributed by atoms with Crippen LogP contribution >= 0.6 is 0 Å². The number of rotatable bonds is 2. The van der Waals surface area contributed by atoms with E-state index in [1.807, 2.05) is 10.7 Å². The van der Waals surface area contributed by atoms with Gasteiger partial charge in [-0.15, -0.1) is 0 Å². The highest BCUT2D eigenvalue weighted by Gasteiger charge is 2.19. The number of fused-ring (bicyclic) bond motifs is 1. The third kappa shape index (κ3) is 5.02. The summed E-state index contributed by atoms with van der Waals surface area (Å²) in [4.78, 5) is 13.2. The molecule has 0 radical (unpaired) electrons. The predicted octanol–water partition coefficient (Wildman–Crippen LogP) is 2.93. The molecule has 1 aliphatic heterocycles. The maximum Gasteiger partial charge on any atom is 0.300 e. The Morgan fingerprint density at radius 3 is 2.68 bits per heavy atom. The van der Waals surface area contributed by atoms with E-state index in [1.165, 1.54) is 6.07 Å². The zero-order chi connectivity index (χ0) is 22.5. The van der Waals surface area contributed by atoms with Crippen LogP contribution in [0.25, 0.3) is 22.5 Å². The molecule has 0 spiro atoms. The highest BCUT2D eigenvalue weighted by molar-refractivity contribution is 5.78. The van der Waals surface area contributed by atoms with Crippen LogP contribution in [0.15, 0.2) is 30.3 Å². The summed E-state index contributed by atoms with van der Waals surface area (Å²) >= 11 is 0. The van der Waals surface area contributed by atoms with Crippen molar-refractivity contribution in [1.29, 1.82) is 5.26 Å². The molecular formula is C21H20F2N6O2. The number of halogens is 2. The van der Waals surface area contributed by atoms with Gasteiger partial charge in [-0.25, -0.2) is 13.8 Å². The molecule has 160 valence electrons. The fourth-order valence-electron chi connectivity index (χ4n) is 3.18. The first-order chi connectivity index (χ1) is 14.8. The van der Waals surface area contributed by atoms with Crippen LogP contribution in [0.2, 0.25) is 0 Å². The molecule has 8 nitrogen and oxygen atoms in total. The van der Waals surface area contributed by atoms with Crippen molar-refractivity contribution in [2.75, 3.05) is 12.3 Å². The van der Waals surface area contributed by atoms with Crippen LogP contribution in [-0.4, -0.2) is 32.4 Å². The summed E-state index contributed by atoms with van der Waals surface area (Å²) in [6.07, 6.45) is 0.956. The molecule has 0 fully saturated rings. The molecule has 10 heteroatoms. The molecule has 0 aliphatic carbocycles. The third-order valence-electron chi connectivity index (χ3n) is 4.54. The largest absolute Gasteiger partial charge is 0.481 e. The van der Waals surface area contributed by atoms with Gasteiger partial charge in [-0.05, 0) is 43.3 Å². The normalized spacial score (nSPS) is 12.7. The quantitative estimate of drug-likeness (QED) is 0.574. The minimum Gasteiger partial charge on any atom is -0.481 e. The summed E-state index contributed by atoms with van der Waals surface area (Å²) in [5, 5.41) is 24.9. The molecule has 4 N–H and O–H groups in total. The first-order valence-electron chi connectivity index (χ1n) is 9.43. The van der Waals surface area contributed by atoms with Crippen molar-refractivity contribution < 1.29 is 18.7 Å². The number of aromatic nitrogens is 3. The standard InChI is InChI=1S/C19H16F2N6.C2H4O2/c20-15-3-2-11(6-16(15)21)17-8-13(14(9-22)19(23)25-17)18-7-12-10-24-4-1-5-27(12)26-18;1-2(3)4/h2-3,6-8,24H,1,4-5,10H2,(H2,23,25);1H3,(H,3,4).